The Bertz CT molecular complexity index is 975. The van der Waals surface area contributed by atoms with Gasteiger partial charge in [-0.3, -0.25) is 4.79 Å². The fraction of sp³-hybridized carbons (Fsp3) is 0.278. The molecule has 9 heteroatoms. The van der Waals surface area contributed by atoms with Crippen molar-refractivity contribution in [2.45, 2.75) is 30.7 Å². The molecule has 0 aliphatic heterocycles. The number of carbonyl (C=O) groups is 1. The van der Waals surface area contributed by atoms with Crippen LogP contribution in [0.2, 0.25) is 10.0 Å². The van der Waals surface area contributed by atoms with E-state index in [0.29, 0.717) is 18.0 Å². The number of anilines is 1. The van der Waals surface area contributed by atoms with Crippen LogP contribution in [0.15, 0.2) is 41.3 Å². The second-order valence-corrected chi connectivity index (χ2v) is 8.54. The number of amides is 1. The normalized spacial score (nSPS) is 14.0. The Kier molecular flexibility index (Phi) is 5.95. The third kappa shape index (κ3) is 4.73. The minimum Gasteiger partial charge on any atom is -0.492 e. The maximum atomic E-state index is 12.7. The van der Waals surface area contributed by atoms with Crippen molar-refractivity contribution < 1.29 is 17.9 Å². The second kappa shape index (κ2) is 8.06. The van der Waals surface area contributed by atoms with Crippen LogP contribution in [0.25, 0.3) is 0 Å². The van der Waals surface area contributed by atoms with Crippen LogP contribution >= 0.6 is 23.2 Å². The Labute approximate surface area is 167 Å². The van der Waals surface area contributed by atoms with Crippen molar-refractivity contribution in [2.24, 2.45) is 0 Å². The van der Waals surface area contributed by atoms with Crippen molar-refractivity contribution >= 4 is 44.8 Å². The van der Waals surface area contributed by atoms with E-state index in [4.69, 9.17) is 27.9 Å². The Hall–Kier alpha value is -1.80. The fourth-order valence-corrected chi connectivity index (χ4v) is 4.60. The highest BCUT2D eigenvalue weighted by Gasteiger charge is 2.30. The quantitative estimate of drug-likeness (QED) is 0.695. The zero-order valence-corrected chi connectivity index (χ0v) is 16.8. The average Bonchev–Trinajstić information content (AvgIpc) is 3.39. The van der Waals surface area contributed by atoms with Crippen molar-refractivity contribution in [3.05, 3.63) is 52.0 Å². The maximum absolute atomic E-state index is 12.7. The molecule has 1 saturated carbocycles. The summed E-state index contributed by atoms with van der Waals surface area (Å²) in [5, 5.41) is 2.71. The van der Waals surface area contributed by atoms with Gasteiger partial charge in [0, 0.05) is 6.04 Å². The predicted molar refractivity (Wildman–Crippen MR) is 105 cm³/mol. The number of benzene rings is 2. The Morgan fingerprint density at radius 1 is 1.19 bits per heavy atom. The molecule has 0 aromatic heterocycles. The molecule has 2 N–H and O–H groups in total. The van der Waals surface area contributed by atoms with Crippen LogP contribution in [0.1, 0.15) is 30.1 Å². The summed E-state index contributed by atoms with van der Waals surface area (Å²) in [6, 6.07) is 9.29. The van der Waals surface area contributed by atoms with E-state index in [2.05, 4.69) is 10.0 Å². The summed E-state index contributed by atoms with van der Waals surface area (Å²) in [5.41, 5.74) is 0.458. The number of nitrogens with one attached hydrogen (secondary N) is 2. The van der Waals surface area contributed by atoms with Crippen molar-refractivity contribution in [1.82, 2.24) is 4.72 Å². The minimum absolute atomic E-state index is 0.00328. The lowest BCUT2D eigenvalue weighted by Crippen LogP contribution is -2.26. The van der Waals surface area contributed by atoms with E-state index in [9.17, 15) is 13.2 Å². The first-order valence-electron chi connectivity index (χ1n) is 8.36. The number of para-hydroxylation sites is 2. The van der Waals surface area contributed by atoms with Gasteiger partial charge in [-0.25, -0.2) is 13.1 Å². The topological polar surface area (TPSA) is 84.5 Å². The molecule has 6 nitrogen and oxygen atoms in total. The van der Waals surface area contributed by atoms with E-state index in [1.165, 1.54) is 12.1 Å². The van der Waals surface area contributed by atoms with Gasteiger partial charge in [0.1, 0.15) is 10.6 Å². The Balaban J connectivity index is 1.92. The molecule has 0 unspecified atom stereocenters. The van der Waals surface area contributed by atoms with Gasteiger partial charge in [0.15, 0.2) is 0 Å². The molecule has 0 radical (unpaired) electrons. The molecule has 1 amide bonds. The van der Waals surface area contributed by atoms with Crippen LogP contribution in [0.3, 0.4) is 0 Å². The molecule has 27 heavy (non-hydrogen) atoms. The van der Waals surface area contributed by atoms with Crippen LogP contribution < -0.4 is 14.8 Å². The maximum Gasteiger partial charge on any atom is 0.257 e. The summed E-state index contributed by atoms with van der Waals surface area (Å²) in [7, 11) is -3.84. The van der Waals surface area contributed by atoms with E-state index in [1.807, 2.05) is 6.92 Å². The second-order valence-electron chi connectivity index (χ2n) is 6.04. The van der Waals surface area contributed by atoms with Crippen LogP contribution in [-0.4, -0.2) is 27.0 Å². The monoisotopic (exact) mass is 428 g/mol. The van der Waals surface area contributed by atoms with Crippen LogP contribution in [0, 0.1) is 0 Å². The molecule has 1 aliphatic carbocycles. The van der Waals surface area contributed by atoms with E-state index < -0.39 is 15.9 Å². The Morgan fingerprint density at radius 2 is 1.89 bits per heavy atom. The molecular weight excluding hydrogens is 411 g/mol. The standard InChI is InChI=1S/C18H18Cl2N2O4S/c1-2-26-16-6-4-3-5-15(16)21-18(23)12-9-17(14(20)10-13(12)19)27(24,25)22-11-7-8-11/h3-6,9-11,22H,2,7-8H2,1H3,(H,21,23). The van der Waals surface area contributed by atoms with Gasteiger partial charge in [-0.15, -0.1) is 0 Å². The van der Waals surface area contributed by atoms with Crippen molar-refractivity contribution in [1.29, 1.82) is 0 Å². The average molecular weight is 429 g/mol. The molecule has 144 valence electrons. The third-order valence-electron chi connectivity index (χ3n) is 3.89. The van der Waals surface area contributed by atoms with Gasteiger partial charge in [0.25, 0.3) is 5.91 Å². The molecule has 0 spiro atoms. The number of rotatable bonds is 7. The lowest BCUT2D eigenvalue weighted by atomic mass is 10.2. The van der Waals surface area contributed by atoms with Crippen LogP contribution in [0.5, 0.6) is 5.75 Å². The number of hydrogen-bond acceptors (Lipinski definition) is 4. The molecule has 0 saturated heterocycles. The first-order valence-corrected chi connectivity index (χ1v) is 10.6. The van der Waals surface area contributed by atoms with Gasteiger partial charge in [0.2, 0.25) is 10.0 Å². The number of ether oxygens (including phenoxy) is 1. The summed E-state index contributed by atoms with van der Waals surface area (Å²) < 4.78 is 33.0. The van der Waals surface area contributed by atoms with Crippen molar-refractivity contribution in [3.8, 4) is 5.75 Å². The van der Waals surface area contributed by atoms with Crippen LogP contribution in [0.4, 0.5) is 5.69 Å². The van der Waals surface area contributed by atoms with Crippen LogP contribution in [-0.2, 0) is 10.0 Å². The molecule has 0 heterocycles. The first-order chi connectivity index (χ1) is 12.8. The highest BCUT2D eigenvalue weighted by atomic mass is 35.5. The summed E-state index contributed by atoms with van der Waals surface area (Å²) in [6.07, 6.45) is 1.57. The SMILES string of the molecule is CCOc1ccccc1NC(=O)c1cc(S(=O)(=O)NC2CC2)c(Cl)cc1Cl. The third-order valence-corrected chi connectivity index (χ3v) is 6.19. The summed E-state index contributed by atoms with van der Waals surface area (Å²) >= 11 is 12.2. The van der Waals surface area contributed by atoms with E-state index in [0.717, 1.165) is 12.8 Å². The number of halogens is 2. The van der Waals surface area contributed by atoms with Crippen molar-refractivity contribution in [2.75, 3.05) is 11.9 Å². The van der Waals surface area contributed by atoms with E-state index in [1.54, 1.807) is 24.3 Å². The molecule has 1 fully saturated rings. The van der Waals surface area contributed by atoms with Gasteiger partial charge in [-0.05, 0) is 44.0 Å². The largest absolute Gasteiger partial charge is 0.492 e. The van der Waals surface area contributed by atoms with Gasteiger partial charge in [0.05, 0.1) is 27.9 Å². The minimum atomic E-state index is -3.84. The molecule has 0 bridgehead atoms. The highest BCUT2D eigenvalue weighted by Crippen LogP contribution is 2.32. The highest BCUT2D eigenvalue weighted by molar-refractivity contribution is 7.89. The van der Waals surface area contributed by atoms with Crippen molar-refractivity contribution in [3.63, 3.8) is 0 Å². The van der Waals surface area contributed by atoms with E-state index >= 15 is 0 Å². The number of carbonyl (C=O) groups excluding carboxylic acids is 1. The summed E-state index contributed by atoms with van der Waals surface area (Å²) in [6.45, 7) is 2.27. The first kappa shape index (κ1) is 19.9. The summed E-state index contributed by atoms with van der Waals surface area (Å²) in [5.74, 6) is -0.0617. The molecule has 1 aliphatic rings. The van der Waals surface area contributed by atoms with Gasteiger partial charge >= 0.3 is 0 Å². The summed E-state index contributed by atoms with van der Waals surface area (Å²) in [4.78, 5) is 12.5. The van der Waals surface area contributed by atoms with Gasteiger partial charge in [-0.1, -0.05) is 35.3 Å². The molecule has 0 atom stereocenters. The Morgan fingerprint density at radius 3 is 2.56 bits per heavy atom. The predicted octanol–water partition coefficient (Wildman–Crippen LogP) is 4.09. The van der Waals surface area contributed by atoms with E-state index in [-0.39, 0.29) is 26.5 Å². The molecular formula is C18H18Cl2N2O4S. The fourth-order valence-electron chi connectivity index (χ4n) is 2.43. The lowest BCUT2D eigenvalue weighted by Gasteiger charge is -2.14. The molecule has 2 aromatic rings. The molecule has 2 aromatic carbocycles. The zero-order valence-electron chi connectivity index (χ0n) is 14.5. The smallest absolute Gasteiger partial charge is 0.257 e. The van der Waals surface area contributed by atoms with Gasteiger partial charge in [-0.2, -0.15) is 0 Å². The number of sulfonamides is 1. The molecule has 3 rings (SSSR count). The lowest BCUT2D eigenvalue weighted by molar-refractivity contribution is 0.102. The number of hydrogen-bond donors (Lipinski definition) is 2. The zero-order chi connectivity index (χ0) is 19.6. The van der Waals surface area contributed by atoms with Gasteiger partial charge < -0.3 is 10.1 Å².